The van der Waals surface area contributed by atoms with Crippen molar-refractivity contribution in [1.82, 2.24) is 5.32 Å². The highest BCUT2D eigenvalue weighted by atomic mass is 19.4. The first kappa shape index (κ1) is 16.3. The highest BCUT2D eigenvalue weighted by Gasteiger charge is 2.49. The van der Waals surface area contributed by atoms with Crippen LogP contribution in [0.4, 0.5) is 13.2 Å². The zero-order valence-electron chi connectivity index (χ0n) is 12.9. The number of carbonyl (C=O) groups excluding carboxylic acids is 1. The van der Waals surface area contributed by atoms with E-state index < -0.39 is 11.7 Å². The molecule has 0 radical (unpaired) electrons. The van der Waals surface area contributed by atoms with Gasteiger partial charge in [-0.05, 0) is 55.7 Å². The number of amides is 1. The predicted octanol–water partition coefficient (Wildman–Crippen LogP) is 3.26. The number of halogens is 3. The molecule has 5 atom stereocenters. The van der Waals surface area contributed by atoms with E-state index in [2.05, 4.69) is 5.32 Å². The first-order valence-corrected chi connectivity index (χ1v) is 8.00. The summed E-state index contributed by atoms with van der Waals surface area (Å²) in [5, 5.41) is 2.91. The minimum atomic E-state index is -4.35. The lowest BCUT2D eigenvalue weighted by molar-refractivity contribution is -0.137. The largest absolute Gasteiger partial charge is 0.416 e. The van der Waals surface area contributed by atoms with Gasteiger partial charge in [0.15, 0.2) is 0 Å². The molecule has 0 aliphatic heterocycles. The van der Waals surface area contributed by atoms with Crippen molar-refractivity contribution in [1.29, 1.82) is 0 Å². The van der Waals surface area contributed by atoms with E-state index in [4.69, 9.17) is 5.73 Å². The molecule has 3 rings (SSSR count). The second kappa shape index (κ2) is 5.82. The van der Waals surface area contributed by atoms with Gasteiger partial charge in [0.05, 0.1) is 17.5 Å². The van der Waals surface area contributed by atoms with E-state index >= 15 is 0 Å². The van der Waals surface area contributed by atoms with E-state index in [1.165, 1.54) is 12.1 Å². The molecule has 2 aliphatic carbocycles. The molecule has 0 saturated heterocycles. The van der Waals surface area contributed by atoms with Crippen LogP contribution in [0.5, 0.6) is 0 Å². The van der Waals surface area contributed by atoms with E-state index in [1.54, 1.807) is 6.92 Å². The normalized spacial score (nSPS) is 31.2. The third-order valence-electron chi connectivity index (χ3n) is 5.38. The molecule has 1 aromatic rings. The fraction of sp³-hybridized carbons (Fsp3) is 0.588. The van der Waals surface area contributed by atoms with Gasteiger partial charge in [0.1, 0.15) is 0 Å². The predicted molar refractivity (Wildman–Crippen MR) is 80.3 cm³/mol. The van der Waals surface area contributed by atoms with Crippen molar-refractivity contribution >= 4 is 5.91 Å². The number of nitrogens with two attached hydrogens (primary N) is 1. The molecule has 0 spiro atoms. The SMILES string of the molecule is CC(NC(=O)C1C2CCC(C2)C1N)c1ccc(C(F)(F)F)cc1. The summed E-state index contributed by atoms with van der Waals surface area (Å²) in [4.78, 5) is 12.5. The fourth-order valence-corrected chi connectivity index (χ4v) is 4.08. The Balaban J connectivity index is 1.65. The number of nitrogens with one attached hydrogen (secondary N) is 1. The van der Waals surface area contributed by atoms with Crippen LogP contribution in [-0.4, -0.2) is 11.9 Å². The Morgan fingerprint density at radius 3 is 2.35 bits per heavy atom. The number of carbonyl (C=O) groups is 1. The summed E-state index contributed by atoms with van der Waals surface area (Å²) in [5.41, 5.74) is 6.13. The standard InChI is InChI=1S/C17H21F3N2O/c1-9(10-4-6-13(7-5-10)17(18,19)20)22-16(23)14-11-2-3-12(8-11)15(14)21/h4-7,9,11-12,14-15H,2-3,8,21H2,1H3,(H,22,23). The first-order valence-electron chi connectivity index (χ1n) is 8.00. The van der Waals surface area contributed by atoms with Crippen LogP contribution in [0, 0.1) is 17.8 Å². The molecule has 1 aromatic carbocycles. The lowest BCUT2D eigenvalue weighted by Crippen LogP contribution is -2.45. The molecular weight excluding hydrogens is 305 g/mol. The van der Waals surface area contributed by atoms with Crippen molar-refractivity contribution in [2.24, 2.45) is 23.5 Å². The quantitative estimate of drug-likeness (QED) is 0.896. The average molecular weight is 326 g/mol. The van der Waals surface area contributed by atoms with Gasteiger partial charge in [-0.3, -0.25) is 4.79 Å². The third-order valence-corrected chi connectivity index (χ3v) is 5.38. The second-order valence-electron chi connectivity index (χ2n) is 6.79. The van der Waals surface area contributed by atoms with Gasteiger partial charge < -0.3 is 11.1 Å². The van der Waals surface area contributed by atoms with E-state index in [9.17, 15) is 18.0 Å². The minimum Gasteiger partial charge on any atom is -0.349 e. The summed E-state index contributed by atoms with van der Waals surface area (Å²) in [5.74, 6) is 0.565. The maximum absolute atomic E-state index is 12.6. The molecule has 0 aromatic heterocycles. The summed E-state index contributed by atoms with van der Waals surface area (Å²) in [6.07, 6.45) is -1.18. The maximum atomic E-state index is 12.6. The Hall–Kier alpha value is -1.56. The van der Waals surface area contributed by atoms with Gasteiger partial charge >= 0.3 is 6.18 Å². The minimum absolute atomic E-state index is 0.0721. The van der Waals surface area contributed by atoms with Gasteiger partial charge in [0.2, 0.25) is 5.91 Å². The molecule has 2 fully saturated rings. The molecule has 6 heteroatoms. The Morgan fingerprint density at radius 2 is 1.83 bits per heavy atom. The number of fused-ring (bicyclic) bond motifs is 2. The van der Waals surface area contributed by atoms with Gasteiger partial charge in [-0.15, -0.1) is 0 Å². The van der Waals surface area contributed by atoms with Crippen LogP contribution >= 0.6 is 0 Å². The van der Waals surface area contributed by atoms with Crippen LogP contribution < -0.4 is 11.1 Å². The van der Waals surface area contributed by atoms with Crippen molar-refractivity contribution < 1.29 is 18.0 Å². The molecule has 2 aliphatic rings. The number of hydrogen-bond donors (Lipinski definition) is 2. The number of hydrogen-bond acceptors (Lipinski definition) is 2. The highest BCUT2D eigenvalue weighted by Crippen LogP contribution is 2.47. The molecule has 2 saturated carbocycles. The van der Waals surface area contributed by atoms with Crippen LogP contribution in [-0.2, 0) is 11.0 Å². The Bertz CT molecular complexity index is 582. The molecule has 1 amide bonds. The number of alkyl halides is 3. The van der Waals surface area contributed by atoms with Gasteiger partial charge in [-0.25, -0.2) is 0 Å². The molecule has 5 unspecified atom stereocenters. The van der Waals surface area contributed by atoms with E-state index in [1.807, 2.05) is 0 Å². The van der Waals surface area contributed by atoms with Crippen molar-refractivity contribution in [2.75, 3.05) is 0 Å². The molecule has 23 heavy (non-hydrogen) atoms. The number of benzene rings is 1. The lowest BCUT2D eigenvalue weighted by Gasteiger charge is -2.28. The Kier molecular flexibility index (Phi) is 4.12. The van der Waals surface area contributed by atoms with Crippen LogP contribution in [0.3, 0.4) is 0 Å². The van der Waals surface area contributed by atoms with Gasteiger partial charge in [-0.1, -0.05) is 12.1 Å². The van der Waals surface area contributed by atoms with E-state index in [-0.39, 0.29) is 23.9 Å². The summed E-state index contributed by atoms with van der Waals surface area (Å²) in [6.45, 7) is 1.78. The van der Waals surface area contributed by atoms with Crippen molar-refractivity contribution in [2.45, 2.75) is 44.4 Å². The summed E-state index contributed by atoms with van der Waals surface area (Å²) < 4.78 is 37.7. The Morgan fingerprint density at radius 1 is 1.22 bits per heavy atom. The van der Waals surface area contributed by atoms with Crippen LogP contribution in [0.2, 0.25) is 0 Å². The van der Waals surface area contributed by atoms with Gasteiger partial charge in [0.25, 0.3) is 0 Å². The summed E-state index contributed by atoms with van der Waals surface area (Å²) >= 11 is 0. The average Bonchev–Trinajstić information content (AvgIpc) is 3.07. The van der Waals surface area contributed by atoms with Crippen molar-refractivity contribution in [3.05, 3.63) is 35.4 Å². The maximum Gasteiger partial charge on any atom is 0.416 e. The molecule has 2 bridgehead atoms. The third kappa shape index (κ3) is 3.09. The van der Waals surface area contributed by atoms with Crippen molar-refractivity contribution in [3.8, 4) is 0 Å². The zero-order valence-corrected chi connectivity index (χ0v) is 12.9. The molecule has 0 heterocycles. The molecule has 126 valence electrons. The topological polar surface area (TPSA) is 55.1 Å². The van der Waals surface area contributed by atoms with Gasteiger partial charge in [0, 0.05) is 6.04 Å². The Labute approximate surface area is 133 Å². The van der Waals surface area contributed by atoms with Crippen LogP contribution in [0.1, 0.15) is 43.4 Å². The highest BCUT2D eigenvalue weighted by molar-refractivity contribution is 5.80. The first-order chi connectivity index (χ1) is 10.8. The van der Waals surface area contributed by atoms with E-state index in [0.29, 0.717) is 17.4 Å². The monoisotopic (exact) mass is 326 g/mol. The van der Waals surface area contributed by atoms with Gasteiger partial charge in [-0.2, -0.15) is 13.2 Å². The van der Waals surface area contributed by atoms with Crippen molar-refractivity contribution in [3.63, 3.8) is 0 Å². The number of rotatable bonds is 3. The molecule has 3 nitrogen and oxygen atoms in total. The smallest absolute Gasteiger partial charge is 0.349 e. The molecular formula is C17H21F3N2O. The summed E-state index contributed by atoms with van der Waals surface area (Å²) in [6, 6.07) is 4.48. The van der Waals surface area contributed by atoms with Crippen LogP contribution in [0.15, 0.2) is 24.3 Å². The fourth-order valence-electron chi connectivity index (χ4n) is 4.08. The zero-order chi connectivity index (χ0) is 16.8. The molecule has 3 N–H and O–H groups in total. The second-order valence-corrected chi connectivity index (χ2v) is 6.79. The van der Waals surface area contributed by atoms with Crippen LogP contribution in [0.25, 0.3) is 0 Å². The summed E-state index contributed by atoms with van der Waals surface area (Å²) in [7, 11) is 0. The van der Waals surface area contributed by atoms with E-state index in [0.717, 1.165) is 31.4 Å². The lowest BCUT2D eigenvalue weighted by atomic mass is 9.84.